The van der Waals surface area contributed by atoms with Gasteiger partial charge in [-0.2, -0.15) is 0 Å². The molecular formula is C31H28O6. The highest BCUT2D eigenvalue weighted by Crippen LogP contribution is 2.27. The normalized spacial score (nSPS) is 11.1. The number of carbonyl (C=O) groups is 3. The number of carbonyl (C=O) groups excluding carboxylic acids is 3. The van der Waals surface area contributed by atoms with E-state index in [0.29, 0.717) is 23.1 Å². The van der Waals surface area contributed by atoms with E-state index in [-0.39, 0.29) is 19.8 Å². The number of benzene rings is 4. The number of rotatable bonds is 10. The molecule has 0 spiro atoms. The van der Waals surface area contributed by atoms with Crippen LogP contribution in [0.3, 0.4) is 0 Å². The van der Waals surface area contributed by atoms with E-state index in [4.69, 9.17) is 14.2 Å². The number of fused-ring (bicyclic) bond motifs is 1. The summed E-state index contributed by atoms with van der Waals surface area (Å²) < 4.78 is 17.0. The molecule has 0 atom stereocenters. The molecule has 0 N–H and O–H groups in total. The van der Waals surface area contributed by atoms with Crippen LogP contribution >= 0.6 is 0 Å². The Bertz CT molecular complexity index is 1300. The largest absolute Gasteiger partial charge is 0.461 e. The molecule has 6 heteroatoms. The first-order valence-electron chi connectivity index (χ1n) is 12.1. The fourth-order valence-electron chi connectivity index (χ4n) is 3.88. The molecule has 0 saturated carbocycles. The summed E-state index contributed by atoms with van der Waals surface area (Å²) in [6, 6.07) is 30.2. The molecule has 0 bridgehead atoms. The SMILES string of the molecule is CCC(COC(=O)c1ccccc1)(COC(=O)c1ccccc1)COC(=O)c1cccc2ccccc12. The van der Waals surface area contributed by atoms with E-state index in [1.807, 2.05) is 49.4 Å². The molecule has 0 heterocycles. The fourth-order valence-corrected chi connectivity index (χ4v) is 3.88. The average Bonchev–Trinajstić information content (AvgIpc) is 2.97. The van der Waals surface area contributed by atoms with Crippen LogP contribution in [0.25, 0.3) is 10.8 Å². The van der Waals surface area contributed by atoms with Crippen LogP contribution in [0.5, 0.6) is 0 Å². The zero-order valence-electron chi connectivity index (χ0n) is 20.6. The predicted molar refractivity (Wildman–Crippen MR) is 140 cm³/mol. The summed E-state index contributed by atoms with van der Waals surface area (Å²) in [6.07, 6.45) is 0.431. The summed E-state index contributed by atoms with van der Waals surface area (Å²) in [5.74, 6) is -1.51. The molecule has 0 aliphatic heterocycles. The molecule has 0 unspecified atom stereocenters. The van der Waals surface area contributed by atoms with Crippen molar-refractivity contribution in [3.8, 4) is 0 Å². The summed E-state index contributed by atoms with van der Waals surface area (Å²) in [5.41, 5.74) is 0.309. The summed E-state index contributed by atoms with van der Waals surface area (Å²) in [4.78, 5) is 38.4. The van der Waals surface area contributed by atoms with Crippen molar-refractivity contribution in [3.63, 3.8) is 0 Å². The van der Waals surface area contributed by atoms with Crippen molar-refractivity contribution in [3.05, 3.63) is 120 Å². The van der Waals surface area contributed by atoms with Gasteiger partial charge in [0.15, 0.2) is 0 Å². The van der Waals surface area contributed by atoms with Crippen molar-refractivity contribution < 1.29 is 28.6 Å². The Kier molecular flexibility index (Phi) is 8.31. The summed E-state index contributed by atoms with van der Waals surface area (Å²) >= 11 is 0. The third kappa shape index (κ3) is 6.41. The van der Waals surface area contributed by atoms with Crippen LogP contribution in [0.4, 0.5) is 0 Å². The Balaban J connectivity index is 1.51. The minimum absolute atomic E-state index is 0.0951. The van der Waals surface area contributed by atoms with Crippen LogP contribution in [-0.4, -0.2) is 37.7 Å². The van der Waals surface area contributed by atoms with Crippen molar-refractivity contribution in [2.45, 2.75) is 13.3 Å². The molecule has 0 aromatic heterocycles. The number of ether oxygens (including phenoxy) is 3. The zero-order valence-corrected chi connectivity index (χ0v) is 20.6. The monoisotopic (exact) mass is 496 g/mol. The van der Waals surface area contributed by atoms with Crippen LogP contribution in [0.2, 0.25) is 0 Å². The van der Waals surface area contributed by atoms with Gasteiger partial charge < -0.3 is 14.2 Å². The maximum Gasteiger partial charge on any atom is 0.338 e. The lowest BCUT2D eigenvalue weighted by atomic mass is 9.88. The highest BCUT2D eigenvalue weighted by Gasteiger charge is 2.35. The second-order valence-corrected chi connectivity index (χ2v) is 8.84. The summed E-state index contributed by atoms with van der Waals surface area (Å²) in [5, 5.41) is 1.70. The second-order valence-electron chi connectivity index (χ2n) is 8.84. The van der Waals surface area contributed by atoms with Gasteiger partial charge in [-0.05, 0) is 47.5 Å². The molecule has 0 aliphatic rings. The van der Waals surface area contributed by atoms with Gasteiger partial charge in [0.05, 0.1) is 22.1 Å². The van der Waals surface area contributed by atoms with Gasteiger partial charge in [0.25, 0.3) is 0 Å². The maximum atomic E-state index is 13.1. The van der Waals surface area contributed by atoms with E-state index in [9.17, 15) is 14.4 Å². The molecule has 4 rings (SSSR count). The van der Waals surface area contributed by atoms with Gasteiger partial charge >= 0.3 is 17.9 Å². The third-order valence-corrected chi connectivity index (χ3v) is 6.31. The van der Waals surface area contributed by atoms with E-state index in [1.165, 1.54) is 0 Å². The first kappa shape index (κ1) is 25.6. The van der Waals surface area contributed by atoms with E-state index in [0.717, 1.165) is 10.8 Å². The Hall–Kier alpha value is -4.45. The van der Waals surface area contributed by atoms with Gasteiger partial charge in [-0.1, -0.05) is 79.7 Å². The molecule has 6 nitrogen and oxygen atoms in total. The Morgan fingerprint density at radius 1 is 0.568 bits per heavy atom. The summed E-state index contributed by atoms with van der Waals surface area (Å²) in [7, 11) is 0. The molecule has 0 radical (unpaired) electrons. The maximum absolute atomic E-state index is 13.1. The second kappa shape index (κ2) is 12.0. The molecule has 37 heavy (non-hydrogen) atoms. The van der Waals surface area contributed by atoms with Crippen LogP contribution in [0, 0.1) is 5.41 Å². The molecule has 0 saturated heterocycles. The van der Waals surface area contributed by atoms with Crippen molar-refractivity contribution in [1.82, 2.24) is 0 Å². The van der Waals surface area contributed by atoms with Crippen molar-refractivity contribution in [2.75, 3.05) is 19.8 Å². The third-order valence-electron chi connectivity index (χ3n) is 6.31. The molecule has 4 aromatic rings. The number of hydrogen-bond donors (Lipinski definition) is 0. The molecule has 0 aliphatic carbocycles. The number of esters is 3. The highest BCUT2D eigenvalue weighted by atomic mass is 16.6. The fraction of sp³-hybridized carbons (Fsp3) is 0.194. The zero-order chi connectivity index (χ0) is 26.1. The topological polar surface area (TPSA) is 78.9 Å². The molecule has 0 fully saturated rings. The Labute approximate surface area is 215 Å². The van der Waals surface area contributed by atoms with Crippen LogP contribution in [-0.2, 0) is 14.2 Å². The highest BCUT2D eigenvalue weighted by molar-refractivity contribution is 6.04. The Morgan fingerprint density at radius 3 is 1.57 bits per heavy atom. The summed E-state index contributed by atoms with van der Waals surface area (Å²) in [6.45, 7) is 1.58. The lowest BCUT2D eigenvalue weighted by Gasteiger charge is -2.31. The average molecular weight is 497 g/mol. The first-order chi connectivity index (χ1) is 18.0. The minimum Gasteiger partial charge on any atom is -0.461 e. The van der Waals surface area contributed by atoms with Gasteiger partial charge in [0, 0.05) is 0 Å². The predicted octanol–water partition coefficient (Wildman–Crippen LogP) is 6.11. The van der Waals surface area contributed by atoms with Gasteiger partial charge in [0.1, 0.15) is 19.8 Å². The van der Waals surface area contributed by atoms with E-state index in [1.54, 1.807) is 60.7 Å². The molecule has 188 valence electrons. The van der Waals surface area contributed by atoms with Gasteiger partial charge in [0.2, 0.25) is 0 Å². The van der Waals surface area contributed by atoms with Crippen molar-refractivity contribution in [2.24, 2.45) is 5.41 Å². The minimum atomic E-state index is -0.935. The van der Waals surface area contributed by atoms with E-state index < -0.39 is 23.3 Å². The molecular weight excluding hydrogens is 468 g/mol. The van der Waals surface area contributed by atoms with Gasteiger partial charge in [-0.15, -0.1) is 0 Å². The van der Waals surface area contributed by atoms with Crippen molar-refractivity contribution >= 4 is 28.7 Å². The van der Waals surface area contributed by atoms with Crippen LogP contribution in [0.1, 0.15) is 44.4 Å². The molecule has 4 aromatic carbocycles. The lowest BCUT2D eigenvalue weighted by Crippen LogP contribution is -2.39. The van der Waals surface area contributed by atoms with Crippen molar-refractivity contribution in [1.29, 1.82) is 0 Å². The lowest BCUT2D eigenvalue weighted by molar-refractivity contribution is -0.0380. The van der Waals surface area contributed by atoms with Crippen LogP contribution in [0.15, 0.2) is 103 Å². The van der Waals surface area contributed by atoms with E-state index in [2.05, 4.69) is 0 Å². The smallest absolute Gasteiger partial charge is 0.338 e. The molecule has 0 amide bonds. The van der Waals surface area contributed by atoms with Gasteiger partial charge in [-0.3, -0.25) is 0 Å². The Morgan fingerprint density at radius 2 is 1.03 bits per heavy atom. The van der Waals surface area contributed by atoms with Gasteiger partial charge in [-0.25, -0.2) is 14.4 Å². The number of hydrogen-bond acceptors (Lipinski definition) is 6. The first-order valence-corrected chi connectivity index (χ1v) is 12.1. The standard InChI is InChI=1S/C31H28O6/c1-2-31(20-35-28(32)24-13-5-3-6-14-24,21-36-29(33)25-15-7-4-8-16-25)22-37-30(34)27-19-11-17-23-12-9-10-18-26(23)27/h3-19H,2,20-22H2,1H3. The van der Waals surface area contributed by atoms with Crippen LogP contribution < -0.4 is 0 Å². The van der Waals surface area contributed by atoms with E-state index >= 15 is 0 Å². The quantitative estimate of drug-likeness (QED) is 0.195.